The fourth-order valence-electron chi connectivity index (χ4n) is 2.72. The summed E-state index contributed by atoms with van der Waals surface area (Å²) in [5.74, 6) is -1.35. The highest BCUT2D eigenvalue weighted by atomic mass is 79.9. The molecule has 2 rings (SSSR count). The van der Waals surface area contributed by atoms with Crippen LogP contribution in [0.5, 0.6) is 0 Å². The van der Waals surface area contributed by atoms with Crippen molar-refractivity contribution in [1.82, 2.24) is 5.32 Å². The molecule has 0 aromatic carbocycles. The van der Waals surface area contributed by atoms with E-state index in [2.05, 4.69) is 21.2 Å². The van der Waals surface area contributed by atoms with Crippen LogP contribution in [0.4, 0.5) is 0 Å². The molecule has 1 N–H and O–H groups in total. The van der Waals surface area contributed by atoms with E-state index >= 15 is 0 Å². The lowest BCUT2D eigenvalue weighted by Gasteiger charge is -2.29. The standard InChI is InChI=1S/C17H20BrNO4S/c1-5-22-16(20)13-9(3)19-10(4)14(17(21)23-6-2)15(13)11-7-8-12(18)24-11/h7-8,15,19H,5-6H2,1-4H3. The Hall–Kier alpha value is -1.60. The zero-order chi connectivity index (χ0) is 17.9. The number of esters is 2. The molecule has 1 aromatic rings. The summed E-state index contributed by atoms with van der Waals surface area (Å²) < 4.78 is 11.4. The summed E-state index contributed by atoms with van der Waals surface area (Å²) in [6.45, 7) is 7.69. The van der Waals surface area contributed by atoms with E-state index in [0.29, 0.717) is 22.5 Å². The van der Waals surface area contributed by atoms with Crippen LogP contribution in [0.1, 0.15) is 38.5 Å². The van der Waals surface area contributed by atoms with Gasteiger partial charge >= 0.3 is 11.9 Å². The van der Waals surface area contributed by atoms with Gasteiger partial charge in [-0.05, 0) is 55.8 Å². The van der Waals surface area contributed by atoms with Gasteiger partial charge in [-0.25, -0.2) is 9.59 Å². The Kier molecular flexibility index (Phi) is 6.23. The van der Waals surface area contributed by atoms with Gasteiger partial charge in [0.25, 0.3) is 0 Å². The van der Waals surface area contributed by atoms with Crippen LogP contribution < -0.4 is 5.32 Å². The number of halogens is 1. The summed E-state index contributed by atoms with van der Waals surface area (Å²) in [7, 11) is 0. The van der Waals surface area contributed by atoms with Crippen LogP contribution in [-0.4, -0.2) is 25.2 Å². The van der Waals surface area contributed by atoms with Gasteiger partial charge in [0.05, 0.1) is 34.1 Å². The van der Waals surface area contributed by atoms with Crippen molar-refractivity contribution in [3.63, 3.8) is 0 Å². The molecular formula is C17H20BrNO4S. The molecule has 0 saturated carbocycles. The first-order valence-corrected chi connectivity index (χ1v) is 9.29. The van der Waals surface area contributed by atoms with Crippen molar-refractivity contribution in [3.8, 4) is 0 Å². The second-order valence-corrected chi connectivity index (χ2v) is 7.71. The Labute approximate surface area is 153 Å². The molecule has 0 amide bonds. The minimum Gasteiger partial charge on any atom is -0.463 e. The molecule has 130 valence electrons. The number of thiophene rings is 1. The van der Waals surface area contributed by atoms with Crippen molar-refractivity contribution in [2.45, 2.75) is 33.6 Å². The van der Waals surface area contributed by atoms with Crippen LogP contribution in [-0.2, 0) is 19.1 Å². The van der Waals surface area contributed by atoms with E-state index in [1.165, 1.54) is 11.3 Å². The van der Waals surface area contributed by atoms with E-state index in [4.69, 9.17) is 9.47 Å². The molecule has 0 bridgehead atoms. The Morgan fingerprint density at radius 1 is 1.08 bits per heavy atom. The lowest BCUT2D eigenvalue weighted by atomic mass is 9.84. The molecule has 0 saturated heterocycles. The molecule has 0 unspecified atom stereocenters. The van der Waals surface area contributed by atoms with E-state index in [-0.39, 0.29) is 13.2 Å². The molecule has 1 aromatic heterocycles. The number of carbonyl (C=O) groups excluding carboxylic acids is 2. The average Bonchev–Trinajstić information content (AvgIpc) is 2.93. The summed E-state index contributed by atoms with van der Waals surface area (Å²) in [4.78, 5) is 25.9. The third kappa shape index (κ3) is 3.72. The first-order chi connectivity index (χ1) is 11.4. The molecule has 2 heterocycles. The maximum Gasteiger partial charge on any atom is 0.336 e. The third-order valence-corrected chi connectivity index (χ3v) is 5.32. The van der Waals surface area contributed by atoms with Crippen LogP contribution >= 0.6 is 27.3 Å². The fraction of sp³-hybridized carbons (Fsp3) is 0.412. The van der Waals surface area contributed by atoms with E-state index in [9.17, 15) is 9.59 Å². The molecule has 7 heteroatoms. The summed E-state index contributed by atoms with van der Waals surface area (Å²) >= 11 is 4.92. The van der Waals surface area contributed by atoms with Gasteiger partial charge in [-0.2, -0.15) is 0 Å². The summed E-state index contributed by atoms with van der Waals surface area (Å²) in [5.41, 5.74) is 2.27. The van der Waals surface area contributed by atoms with E-state index in [1.54, 1.807) is 13.8 Å². The van der Waals surface area contributed by atoms with Gasteiger partial charge in [-0.3, -0.25) is 0 Å². The number of hydrogen-bond acceptors (Lipinski definition) is 6. The van der Waals surface area contributed by atoms with Gasteiger partial charge in [0.15, 0.2) is 0 Å². The number of carbonyl (C=O) groups is 2. The lowest BCUT2D eigenvalue weighted by Crippen LogP contribution is -2.32. The van der Waals surface area contributed by atoms with Gasteiger partial charge in [0.1, 0.15) is 0 Å². The molecule has 0 aliphatic carbocycles. The van der Waals surface area contributed by atoms with Crippen molar-refractivity contribution < 1.29 is 19.1 Å². The molecule has 0 fully saturated rings. The Morgan fingerprint density at radius 3 is 1.96 bits per heavy atom. The molecular weight excluding hydrogens is 394 g/mol. The van der Waals surface area contributed by atoms with Gasteiger partial charge in [0.2, 0.25) is 0 Å². The maximum atomic E-state index is 12.5. The Bertz CT molecular complexity index is 680. The number of allylic oxidation sites excluding steroid dienone is 2. The van der Waals surface area contributed by atoms with Crippen molar-refractivity contribution >= 4 is 39.2 Å². The first kappa shape index (κ1) is 18.7. The normalized spacial score (nSPS) is 15.4. The van der Waals surface area contributed by atoms with Crippen molar-refractivity contribution in [2.75, 3.05) is 13.2 Å². The Morgan fingerprint density at radius 2 is 1.58 bits per heavy atom. The molecule has 5 nitrogen and oxygen atoms in total. The van der Waals surface area contributed by atoms with Crippen LogP contribution in [0.25, 0.3) is 0 Å². The second-order valence-electron chi connectivity index (χ2n) is 5.22. The lowest BCUT2D eigenvalue weighted by molar-refractivity contribution is -0.139. The highest BCUT2D eigenvalue weighted by molar-refractivity contribution is 9.11. The van der Waals surface area contributed by atoms with Gasteiger partial charge in [-0.1, -0.05) is 0 Å². The topological polar surface area (TPSA) is 64.6 Å². The number of rotatable bonds is 5. The number of dihydropyridines is 1. The quantitative estimate of drug-likeness (QED) is 0.742. The van der Waals surface area contributed by atoms with E-state index < -0.39 is 17.9 Å². The highest BCUT2D eigenvalue weighted by Crippen LogP contribution is 2.42. The smallest absolute Gasteiger partial charge is 0.336 e. The average molecular weight is 414 g/mol. The molecule has 0 spiro atoms. The first-order valence-electron chi connectivity index (χ1n) is 7.68. The minimum atomic E-state index is -0.499. The maximum absolute atomic E-state index is 12.5. The fourth-order valence-corrected chi connectivity index (χ4v) is 4.26. The highest BCUT2D eigenvalue weighted by Gasteiger charge is 2.38. The zero-order valence-electron chi connectivity index (χ0n) is 14.1. The number of hydrogen-bond donors (Lipinski definition) is 1. The molecule has 0 atom stereocenters. The van der Waals surface area contributed by atoms with Crippen molar-refractivity contribution in [2.24, 2.45) is 0 Å². The van der Waals surface area contributed by atoms with E-state index in [0.717, 1.165) is 8.66 Å². The SMILES string of the molecule is CCOC(=O)C1=C(C)NC(C)=C(C(=O)OCC)C1c1ccc(Br)s1. The number of nitrogens with one attached hydrogen (secondary N) is 1. The van der Waals surface area contributed by atoms with Crippen LogP contribution in [0.2, 0.25) is 0 Å². The molecule has 1 aliphatic heterocycles. The molecule has 1 aliphatic rings. The van der Waals surface area contributed by atoms with Crippen LogP contribution in [0, 0.1) is 0 Å². The Balaban J connectivity index is 2.59. The van der Waals surface area contributed by atoms with Crippen LogP contribution in [0.3, 0.4) is 0 Å². The van der Waals surface area contributed by atoms with Gasteiger partial charge in [-0.15, -0.1) is 11.3 Å². The third-order valence-electron chi connectivity index (χ3n) is 3.63. The molecule has 0 radical (unpaired) electrons. The second kappa shape index (κ2) is 7.98. The predicted molar refractivity (Wildman–Crippen MR) is 96.6 cm³/mol. The summed E-state index contributed by atoms with van der Waals surface area (Å²) in [6, 6.07) is 3.81. The monoisotopic (exact) mass is 413 g/mol. The van der Waals surface area contributed by atoms with Crippen molar-refractivity contribution in [3.05, 3.63) is 43.3 Å². The predicted octanol–water partition coefficient (Wildman–Crippen LogP) is 3.87. The van der Waals surface area contributed by atoms with E-state index in [1.807, 2.05) is 26.0 Å². The van der Waals surface area contributed by atoms with Gasteiger partial charge < -0.3 is 14.8 Å². The van der Waals surface area contributed by atoms with Gasteiger partial charge in [0, 0.05) is 16.3 Å². The van der Waals surface area contributed by atoms with Crippen molar-refractivity contribution in [1.29, 1.82) is 0 Å². The largest absolute Gasteiger partial charge is 0.463 e. The number of ether oxygens (including phenoxy) is 2. The van der Waals surface area contributed by atoms with Crippen LogP contribution in [0.15, 0.2) is 38.5 Å². The minimum absolute atomic E-state index is 0.272. The summed E-state index contributed by atoms with van der Waals surface area (Å²) in [5, 5.41) is 3.12. The summed E-state index contributed by atoms with van der Waals surface area (Å²) in [6.07, 6.45) is 0. The molecule has 24 heavy (non-hydrogen) atoms. The zero-order valence-corrected chi connectivity index (χ0v) is 16.5.